The first-order valence-corrected chi connectivity index (χ1v) is 5.37. The Morgan fingerprint density at radius 2 is 1.71 bits per heavy atom. The van der Waals surface area contributed by atoms with E-state index < -0.39 is 0 Å². The molecule has 2 heteroatoms. The predicted molar refractivity (Wildman–Crippen MR) is 61.2 cm³/mol. The first-order valence-electron chi connectivity index (χ1n) is 4.55. The summed E-state index contributed by atoms with van der Waals surface area (Å²) in [5, 5.41) is 2.59. The SMILES string of the molecule is c1ccc2sc(-n3cccc3)cc2c1. The van der Waals surface area contributed by atoms with Gasteiger partial charge in [0.25, 0.3) is 0 Å². The van der Waals surface area contributed by atoms with Gasteiger partial charge in [-0.1, -0.05) is 18.2 Å². The Balaban J connectivity index is 2.24. The van der Waals surface area contributed by atoms with E-state index in [2.05, 4.69) is 47.3 Å². The van der Waals surface area contributed by atoms with Crippen LogP contribution in [0.25, 0.3) is 15.1 Å². The minimum absolute atomic E-state index is 1.27. The third kappa shape index (κ3) is 1.16. The van der Waals surface area contributed by atoms with Gasteiger partial charge in [-0.3, -0.25) is 0 Å². The first-order chi connectivity index (χ1) is 6.93. The third-order valence-corrected chi connectivity index (χ3v) is 3.40. The number of benzene rings is 1. The Bertz CT molecular complexity index is 515. The van der Waals surface area contributed by atoms with Gasteiger partial charge in [-0.2, -0.15) is 0 Å². The van der Waals surface area contributed by atoms with Crippen molar-refractivity contribution in [3.63, 3.8) is 0 Å². The van der Waals surface area contributed by atoms with Gasteiger partial charge in [0, 0.05) is 17.1 Å². The van der Waals surface area contributed by atoms with Crippen LogP contribution in [-0.2, 0) is 0 Å². The minimum atomic E-state index is 1.27. The number of fused-ring (bicyclic) bond motifs is 1. The molecule has 0 saturated carbocycles. The molecule has 0 aliphatic heterocycles. The molecule has 14 heavy (non-hydrogen) atoms. The molecule has 3 aromatic rings. The zero-order valence-electron chi connectivity index (χ0n) is 7.55. The highest BCUT2D eigenvalue weighted by Crippen LogP contribution is 2.27. The van der Waals surface area contributed by atoms with Gasteiger partial charge in [0.1, 0.15) is 5.00 Å². The molecule has 0 unspecified atom stereocenters. The number of thiophene rings is 1. The maximum Gasteiger partial charge on any atom is 0.100 e. The van der Waals surface area contributed by atoms with Crippen LogP contribution in [0.5, 0.6) is 0 Å². The summed E-state index contributed by atoms with van der Waals surface area (Å²) in [5.41, 5.74) is 0. The van der Waals surface area contributed by atoms with Crippen molar-refractivity contribution in [2.45, 2.75) is 0 Å². The van der Waals surface area contributed by atoms with E-state index in [1.165, 1.54) is 15.1 Å². The maximum absolute atomic E-state index is 2.22. The molecule has 0 fully saturated rings. The number of hydrogen-bond acceptors (Lipinski definition) is 1. The number of rotatable bonds is 1. The highest BCUT2D eigenvalue weighted by molar-refractivity contribution is 7.21. The number of hydrogen-bond donors (Lipinski definition) is 0. The van der Waals surface area contributed by atoms with Crippen LogP contribution in [0, 0.1) is 0 Å². The van der Waals surface area contributed by atoms with Crippen molar-refractivity contribution in [2.24, 2.45) is 0 Å². The molecule has 0 N–H and O–H groups in total. The molecular weight excluding hydrogens is 190 g/mol. The average Bonchev–Trinajstić information content (AvgIpc) is 2.86. The Morgan fingerprint density at radius 1 is 0.929 bits per heavy atom. The molecule has 0 amide bonds. The van der Waals surface area contributed by atoms with Crippen LogP contribution in [0.15, 0.2) is 54.9 Å². The van der Waals surface area contributed by atoms with E-state index in [9.17, 15) is 0 Å². The second-order valence-electron chi connectivity index (χ2n) is 3.21. The van der Waals surface area contributed by atoms with Crippen LogP contribution in [-0.4, -0.2) is 4.57 Å². The lowest BCUT2D eigenvalue weighted by molar-refractivity contribution is 1.11. The van der Waals surface area contributed by atoms with Gasteiger partial charge in [0.2, 0.25) is 0 Å². The van der Waals surface area contributed by atoms with E-state index in [4.69, 9.17) is 0 Å². The fourth-order valence-corrected chi connectivity index (χ4v) is 2.61. The zero-order valence-corrected chi connectivity index (χ0v) is 8.37. The second kappa shape index (κ2) is 3.00. The summed E-state index contributed by atoms with van der Waals surface area (Å²) in [5.74, 6) is 0. The van der Waals surface area contributed by atoms with E-state index in [1.54, 1.807) is 0 Å². The Labute approximate surface area is 86.2 Å². The van der Waals surface area contributed by atoms with E-state index in [-0.39, 0.29) is 0 Å². The van der Waals surface area contributed by atoms with Crippen molar-refractivity contribution < 1.29 is 0 Å². The van der Waals surface area contributed by atoms with Gasteiger partial charge in [0.15, 0.2) is 0 Å². The molecule has 0 spiro atoms. The van der Waals surface area contributed by atoms with Crippen LogP contribution in [0.3, 0.4) is 0 Å². The topological polar surface area (TPSA) is 4.93 Å². The fourth-order valence-electron chi connectivity index (χ4n) is 1.58. The van der Waals surface area contributed by atoms with Gasteiger partial charge in [-0.15, -0.1) is 11.3 Å². The minimum Gasteiger partial charge on any atom is -0.315 e. The molecule has 68 valence electrons. The molecule has 2 aromatic heterocycles. The number of aromatic nitrogens is 1. The molecule has 0 atom stereocenters. The van der Waals surface area contributed by atoms with E-state index in [0.29, 0.717) is 0 Å². The molecule has 0 saturated heterocycles. The van der Waals surface area contributed by atoms with Crippen LogP contribution >= 0.6 is 11.3 Å². The van der Waals surface area contributed by atoms with Crippen LogP contribution in [0.2, 0.25) is 0 Å². The molecule has 0 radical (unpaired) electrons. The summed E-state index contributed by atoms with van der Waals surface area (Å²) in [7, 11) is 0. The van der Waals surface area contributed by atoms with Crippen LogP contribution in [0.4, 0.5) is 0 Å². The molecule has 0 aliphatic carbocycles. The van der Waals surface area contributed by atoms with Gasteiger partial charge < -0.3 is 4.57 Å². The third-order valence-electron chi connectivity index (χ3n) is 2.27. The number of nitrogens with zero attached hydrogens (tertiary/aromatic N) is 1. The van der Waals surface area contributed by atoms with E-state index in [1.807, 2.05) is 23.5 Å². The quantitative estimate of drug-likeness (QED) is 0.563. The summed E-state index contributed by atoms with van der Waals surface area (Å²) in [6.07, 6.45) is 4.15. The van der Waals surface area contributed by atoms with Gasteiger partial charge in [-0.05, 0) is 29.7 Å². The van der Waals surface area contributed by atoms with Gasteiger partial charge in [0.05, 0.1) is 0 Å². The van der Waals surface area contributed by atoms with Crippen molar-refractivity contribution >= 4 is 21.4 Å². The summed E-state index contributed by atoms with van der Waals surface area (Å²) < 4.78 is 3.49. The Morgan fingerprint density at radius 3 is 2.50 bits per heavy atom. The highest BCUT2D eigenvalue weighted by Gasteiger charge is 2.00. The average molecular weight is 199 g/mol. The Hall–Kier alpha value is -1.54. The van der Waals surface area contributed by atoms with Crippen LogP contribution < -0.4 is 0 Å². The lowest BCUT2D eigenvalue weighted by atomic mass is 10.3. The second-order valence-corrected chi connectivity index (χ2v) is 4.28. The molecule has 1 nitrogen and oxygen atoms in total. The fraction of sp³-hybridized carbons (Fsp3) is 0. The molecule has 3 rings (SSSR count). The zero-order chi connectivity index (χ0) is 9.38. The normalized spacial score (nSPS) is 10.9. The van der Waals surface area contributed by atoms with Crippen molar-refractivity contribution in [3.8, 4) is 5.00 Å². The Kier molecular flexibility index (Phi) is 1.67. The largest absolute Gasteiger partial charge is 0.315 e. The summed E-state index contributed by atoms with van der Waals surface area (Å²) in [6.45, 7) is 0. The first kappa shape index (κ1) is 7.83. The lowest BCUT2D eigenvalue weighted by Gasteiger charge is -1.94. The maximum atomic E-state index is 2.22. The highest BCUT2D eigenvalue weighted by atomic mass is 32.1. The van der Waals surface area contributed by atoms with E-state index in [0.717, 1.165) is 0 Å². The van der Waals surface area contributed by atoms with Crippen LogP contribution in [0.1, 0.15) is 0 Å². The molecule has 0 aliphatic rings. The monoisotopic (exact) mass is 199 g/mol. The van der Waals surface area contributed by atoms with Crippen molar-refractivity contribution in [2.75, 3.05) is 0 Å². The predicted octanol–water partition coefficient (Wildman–Crippen LogP) is 3.69. The van der Waals surface area contributed by atoms with Gasteiger partial charge >= 0.3 is 0 Å². The van der Waals surface area contributed by atoms with E-state index >= 15 is 0 Å². The molecule has 2 heterocycles. The standard InChI is InChI=1S/C12H9NS/c1-2-6-11-10(5-1)9-12(14-11)13-7-3-4-8-13/h1-9H. The van der Waals surface area contributed by atoms with Crippen molar-refractivity contribution in [3.05, 3.63) is 54.9 Å². The van der Waals surface area contributed by atoms with Crippen molar-refractivity contribution in [1.82, 2.24) is 4.57 Å². The summed E-state index contributed by atoms with van der Waals surface area (Å²) in [6, 6.07) is 14.8. The summed E-state index contributed by atoms with van der Waals surface area (Å²) >= 11 is 1.82. The lowest BCUT2D eigenvalue weighted by Crippen LogP contribution is -1.81. The smallest absolute Gasteiger partial charge is 0.100 e. The van der Waals surface area contributed by atoms with Gasteiger partial charge in [-0.25, -0.2) is 0 Å². The molecular formula is C12H9NS. The van der Waals surface area contributed by atoms with Crippen molar-refractivity contribution in [1.29, 1.82) is 0 Å². The molecule has 1 aromatic carbocycles. The summed E-state index contributed by atoms with van der Waals surface area (Å²) in [4.78, 5) is 0. The molecule has 0 bridgehead atoms.